The molecule has 1 aliphatic carbocycles. The van der Waals surface area contributed by atoms with Crippen molar-refractivity contribution in [2.24, 2.45) is 17.3 Å². The highest BCUT2D eigenvalue weighted by Gasteiger charge is 2.59. The van der Waals surface area contributed by atoms with Crippen molar-refractivity contribution >= 4 is 11.9 Å². The summed E-state index contributed by atoms with van der Waals surface area (Å²) in [6.07, 6.45) is -3.33. The molecule has 0 spiro atoms. The van der Waals surface area contributed by atoms with Gasteiger partial charge in [-0.05, 0) is 6.07 Å². The largest absolute Gasteiger partial charge is 0.433 e. The van der Waals surface area contributed by atoms with Crippen LogP contribution in [0.5, 0.6) is 0 Å². The monoisotopic (exact) mass is 342 g/mol. The van der Waals surface area contributed by atoms with Crippen LogP contribution >= 0.6 is 0 Å². The molecule has 0 aromatic carbocycles. The van der Waals surface area contributed by atoms with E-state index in [1.807, 2.05) is 27.8 Å². The minimum absolute atomic E-state index is 0.0868. The summed E-state index contributed by atoms with van der Waals surface area (Å²) in [4.78, 5) is 23.5. The molecule has 0 bridgehead atoms. The molecule has 1 aliphatic heterocycles. The zero-order valence-electron chi connectivity index (χ0n) is 14.1. The van der Waals surface area contributed by atoms with Crippen molar-refractivity contribution in [1.82, 2.24) is 14.9 Å². The van der Waals surface area contributed by atoms with E-state index in [9.17, 15) is 18.0 Å². The predicted octanol–water partition coefficient (Wildman–Crippen LogP) is 2.43. The van der Waals surface area contributed by atoms with Gasteiger partial charge in [-0.1, -0.05) is 20.8 Å². The van der Waals surface area contributed by atoms with Gasteiger partial charge < -0.3 is 9.80 Å². The van der Waals surface area contributed by atoms with Gasteiger partial charge in [0, 0.05) is 49.6 Å². The van der Waals surface area contributed by atoms with Gasteiger partial charge in [0.2, 0.25) is 11.9 Å². The number of piperidine rings is 1. The number of carbonyl (C=O) groups excluding carboxylic acids is 1. The number of rotatable bonds is 2. The second kappa shape index (κ2) is 5.32. The van der Waals surface area contributed by atoms with Crippen LogP contribution < -0.4 is 4.90 Å². The first-order valence-electron chi connectivity index (χ1n) is 7.92. The minimum atomic E-state index is -4.47. The molecule has 1 aromatic heterocycles. The van der Waals surface area contributed by atoms with Gasteiger partial charge >= 0.3 is 6.18 Å². The number of alkyl halides is 3. The molecule has 1 saturated carbocycles. The fourth-order valence-corrected chi connectivity index (χ4v) is 3.56. The van der Waals surface area contributed by atoms with E-state index < -0.39 is 17.3 Å². The third-order valence-electron chi connectivity index (χ3n) is 4.77. The molecule has 24 heavy (non-hydrogen) atoms. The Morgan fingerprint density at radius 1 is 1.25 bits per heavy atom. The van der Waals surface area contributed by atoms with Gasteiger partial charge in [0.15, 0.2) is 0 Å². The average Bonchev–Trinajstić information content (AvgIpc) is 2.97. The van der Waals surface area contributed by atoms with Crippen LogP contribution in [-0.4, -0.2) is 47.0 Å². The maximum absolute atomic E-state index is 12.8. The van der Waals surface area contributed by atoms with Gasteiger partial charge in [-0.15, -0.1) is 0 Å². The van der Waals surface area contributed by atoms with Crippen LogP contribution in [0, 0.1) is 17.3 Å². The Hall–Kier alpha value is -1.86. The number of halogens is 3. The van der Waals surface area contributed by atoms with Crippen LogP contribution in [0.3, 0.4) is 0 Å². The smallest absolute Gasteiger partial charge is 0.342 e. The molecule has 2 fully saturated rings. The molecule has 1 amide bonds. The maximum atomic E-state index is 12.8. The van der Waals surface area contributed by atoms with Gasteiger partial charge in [0.25, 0.3) is 0 Å². The second-order valence-electron chi connectivity index (χ2n) is 7.63. The summed E-state index contributed by atoms with van der Waals surface area (Å²) >= 11 is 0. The van der Waals surface area contributed by atoms with Crippen molar-refractivity contribution in [2.75, 3.05) is 25.0 Å². The zero-order chi connectivity index (χ0) is 17.9. The summed E-state index contributed by atoms with van der Waals surface area (Å²) in [5.41, 5.74) is -1.36. The number of amides is 1. The number of hydrogen-bond acceptors (Lipinski definition) is 4. The van der Waals surface area contributed by atoms with Gasteiger partial charge in [0.1, 0.15) is 5.69 Å². The van der Waals surface area contributed by atoms with Gasteiger partial charge in [-0.3, -0.25) is 4.79 Å². The molecule has 3 rings (SSSR count). The highest BCUT2D eigenvalue weighted by atomic mass is 19.4. The molecule has 2 aliphatic rings. The lowest BCUT2D eigenvalue weighted by molar-refractivity contribution is -0.141. The molecule has 1 saturated heterocycles. The van der Waals surface area contributed by atoms with E-state index in [0.717, 1.165) is 12.3 Å². The normalized spacial score (nSPS) is 26.3. The Balaban J connectivity index is 1.66. The highest BCUT2D eigenvalue weighted by molar-refractivity contribution is 5.82. The minimum Gasteiger partial charge on any atom is -0.342 e. The highest BCUT2D eigenvalue weighted by Crippen LogP contribution is 2.49. The third kappa shape index (κ3) is 2.93. The van der Waals surface area contributed by atoms with E-state index in [0.29, 0.717) is 13.1 Å². The van der Waals surface area contributed by atoms with Crippen LogP contribution in [0.2, 0.25) is 0 Å². The summed E-state index contributed by atoms with van der Waals surface area (Å²) in [6.45, 7) is 6.81. The Labute approximate surface area is 138 Å². The molecule has 0 unspecified atom stereocenters. The topological polar surface area (TPSA) is 49.3 Å². The van der Waals surface area contributed by atoms with Crippen LogP contribution in [0.15, 0.2) is 12.3 Å². The SMILES string of the molecule is CN(C(=O)C(C)(C)C)[C@H]1[C@@H]2CN(c3nccc(C(F)(F)F)n3)C[C@@H]21. The summed E-state index contributed by atoms with van der Waals surface area (Å²) in [7, 11) is 1.81. The molecular formula is C16H21F3N4O. The lowest BCUT2D eigenvalue weighted by Crippen LogP contribution is -2.42. The van der Waals surface area contributed by atoms with Crippen molar-refractivity contribution in [1.29, 1.82) is 0 Å². The maximum Gasteiger partial charge on any atom is 0.433 e. The second-order valence-corrected chi connectivity index (χ2v) is 7.63. The van der Waals surface area contributed by atoms with Gasteiger partial charge in [-0.25, -0.2) is 9.97 Å². The summed E-state index contributed by atoms with van der Waals surface area (Å²) in [6, 6.07) is 1.04. The summed E-state index contributed by atoms with van der Waals surface area (Å²) < 4.78 is 38.3. The van der Waals surface area contributed by atoms with E-state index in [4.69, 9.17) is 0 Å². The molecule has 1 aromatic rings. The van der Waals surface area contributed by atoms with Crippen molar-refractivity contribution < 1.29 is 18.0 Å². The average molecular weight is 342 g/mol. The third-order valence-corrected chi connectivity index (χ3v) is 4.77. The standard InChI is InChI=1S/C16H21F3N4O/c1-15(2,3)13(24)22(4)12-9-7-23(8-10(9)12)14-20-6-5-11(21-14)16(17,18)19/h5-6,9-10,12H,7-8H2,1-4H3/t9-,10+,12+. The van der Waals surface area contributed by atoms with Crippen LogP contribution in [0.4, 0.5) is 19.1 Å². The van der Waals surface area contributed by atoms with Crippen LogP contribution in [0.1, 0.15) is 26.5 Å². The van der Waals surface area contributed by atoms with E-state index in [2.05, 4.69) is 9.97 Å². The fourth-order valence-electron chi connectivity index (χ4n) is 3.56. The number of fused-ring (bicyclic) bond motifs is 1. The van der Waals surface area contributed by atoms with Crippen molar-refractivity contribution in [3.05, 3.63) is 18.0 Å². The molecule has 0 radical (unpaired) electrons. The van der Waals surface area contributed by atoms with E-state index in [-0.39, 0.29) is 29.7 Å². The zero-order valence-corrected chi connectivity index (χ0v) is 14.1. The number of carbonyl (C=O) groups is 1. The molecule has 8 heteroatoms. The lowest BCUT2D eigenvalue weighted by Gasteiger charge is -2.29. The number of nitrogens with zero attached hydrogens (tertiary/aromatic N) is 4. The Morgan fingerprint density at radius 2 is 1.83 bits per heavy atom. The Bertz CT molecular complexity index is 643. The van der Waals surface area contributed by atoms with Gasteiger partial charge in [-0.2, -0.15) is 13.2 Å². The first-order chi connectivity index (χ1) is 11.0. The van der Waals surface area contributed by atoms with E-state index in [1.165, 1.54) is 0 Å². The Kier molecular flexibility index (Phi) is 3.77. The summed E-state index contributed by atoms with van der Waals surface area (Å²) in [5.74, 6) is 0.753. The van der Waals surface area contributed by atoms with E-state index in [1.54, 1.807) is 9.80 Å². The molecular weight excluding hydrogens is 321 g/mol. The molecule has 2 heterocycles. The van der Waals surface area contributed by atoms with Crippen LogP contribution in [0.25, 0.3) is 0 Å². The number of hydrogen-bond donors (Lipinski definition) is 0. The van der Waals surface area contributed by atoms with Crippen molar-refractivity contribution in [3.63, 3.8) is 0 Å². The van der Waals surface area contributed by atoms with Gasteiger partial charge in [0.05, 0.1) is 0 Å². The summed E-state index contributed by atoms with van der Waals surface area (Å²) in [5, 5.41) is 0. The Morgan fingerprint density at radius 3 is 2.33 bits per heavy atom. The first kappa shape index (κ1) is 17.0. The molecule has 3 atom stereocenters. The molecule has 132 valence electrons. The van der Waals surface area contributed by atoms with E-state index >= 15 is 0 Å². The quantitative estimate of drug-likeness (QED) is 0.828. The lowest BCUT2D eigenvalue weighted by atomic mass is 9.95. The molecule has 5 nitrogen and oxygen atoms in total. The van der Waals surface area contributed by atoms with Crippen LogP contribution in [-0.2, 0) is 11.0 Å². The number of anilines is 1. The fraction of sp³-hybridized carbons (Fsp3) is 0.688. The number of aromatic nitrogens is 2. The van der Waals surface area contributed by atoms with Crippen molar-refractivity contribution in [2.45, 2.75) is 33.0 Å². The van der Waals surface area contributed by atoms with Crippen molar-refractivity contribution in [3.8, 4) is 0 Å². The first-order valence-corrected chi connectivity index (χ1v) is 7.92. The predicted molar refractivity (Wildman–Crippen MR) is 82.2 cm³/mol. The molecule has 0 N–H and O–H groups in total.